The molecule has 0 aliphatic carbocycles. The van der Waals surface area contributed by atoms with Crippen LogP contribution in [-0.2, 0) is 6.61 Å². The van der Waals surface area contributed by atoms with Gasteiger partial charge in [0.15, 0.2) is 0 Å². The molecule has 2 rings (SSSR count). The molecule has 0 aliphatic rings. The van der Waals surface area contributed by atoms with Crippen LogP contribution in [0.5, 0.6) is 5.75 Å². The van der Waals surface area contributed by atoms with E-state index in [-0.39, 0.29) is 12.5 Å². The van der Waals surface area contributed by atoms with E-state index in [2.05, 4.69) is 21.4 Å². The molecule has 0 saturated heterocycles. The summed E-state index contributed by atoms with van der Waals surface area (Å²) < 4.78 is 6.38. The van der Waals surface area contributed by atoms with Crippen LogP contribution in [0, 0.1) is 6.92 Å². The predicted octanol–water partition coefficient (Wildman–Crippen LogP) is 4.31. The minimum atomic E-state index is -0.320. The zero-order valence-corrected chi connectivity index (χ0v) is 14.8. The molecular weight excluding hydrogens is 399 g/mol. The maximum absolute atomic E-state index is 11.5. The van der Waals surface area contributed by atoms with Crippen molar-refractivity contribution in [3.63, 3.8) is 0 Å². The molecule has 1 aromatic carbocycles. The largest absolute Gasteiger partial charge is 0.487 e. The van der Waals surface area contributed by atoms with Crippen LogP contribution in [0.4, 0.5) is 0 Å². The summed E-state index contributed by atoms with van der Waals surface area (Å²) >= 11 is 16.7. The number of rotatable bonds is 4. The van der Waals surface area contributed by atoms with Crippen LogP contribution in [0.3, 0.4) is 0 Å². The fraction of sp³-hybridized carbons (Fsp3) is 0.154. The summed E-state index contributed by atoms with van der Waals surface area (Å²) in [6.45, 7) is 2.20. The van der Waals surface area contributed by atoms with Gasteiger partial charge in [-0.1, -0.05) is 23.2 Å². The maximum atomic E-state index is 11.5. The van der Waals surface area contributed by atoms with E-state index in [1.807, 2.05) is 6.92 Å². The van der Waals surface area contributed by atoms with Crippen molar-refractivity contribution in [1.29, 1.82) is 0 Å². The normalized spacial score (nSPS) is 10.5. The Labute approximate surface area is 144 Å². The van der Waals surface area contributed by atoms with Crippen LogP contribution in [-0.4, -0.2) is 5.91 Å². The third-order valence-corrected chi connectivity index (χ3v) is 5.32. The molecule has 0 atom stereocenters. The Morgan fingerprint density at radius 2 is 2.10 bits per heavy atom. The van der Waals surface area contributed by atoms with Gasteiger partial charge in [0.1, 0.15) is 12.4 Å². The fourth-order valence-corrected chi connectivity index (χ4v) is 3.40. The second kappa shape index (κ2) is 6.98. The smallest absolute Gasteiger partial charge is 0.275 e. The fourth-order valence-electron chi connectivity index (χ4n) is 1.62. The molecule has 0 aliphatic heterocycles. The van der Waals surface area contributed by atoms with Crippen LogP contribution >= 0.6 is 50.5 Å². The third kappa shape index (κ3) is 3.90. The molecule has 3 N–H and O–H groups in total. The van der Waals surface area contributed by atoms with Gasteiger partial charge in [0, 0.05) is 21.0 Å². The number of hydrogen-bond acceptors (Lipinski definition) is 4. The molecule has 1 aromatic heterocycles. The molecule has 2 aromatic rings. The Hall–Kier alpha value is -0.790. The van der Waals surface area contributed by atoms with Crippen molar-refractivity contribution in [2.45, 2.75) is 13.5 Å². The van der Waals surface area contributed by atoms with Gasteiger partial charge in [-0.2, -0.15) is 0 Å². The van der Waals surface area contributed by atoms with E-state index in [1.54, 1.807) is 18.2 Å². The summed E-state index contributed by atoms with van der Waals surface area (Å²) in [5, 5.41) is 0.971. The molecule has 0 saturated carbocycles. The van der Waals surface area contributed by atoms with Crippen LogP contribution < -0.4 is 16.0 Å². The molecule has 0 radical (unpaired) electrons. The second-order valence-electron chi connectivity index (χ2n) is 4.15. The number of benzene rings is 1. The molecule has 8 heteroatoms. The van der Waals surface area contributed by atoms with Crippen molar-refractivity contribution in [2.24, 2.45) is 5.84 Å². The average molecular weight is 410 g/mol. The monoisotopic (exact) mass is 408 g/mol. The summed E-state index contributed by atoms with van der Waals surface area (Å²) in [6.07, 6.45) is 0. The summed E-state index contributed by atoms with van der Waals surface area (Å²) in [5.74, 6) is 5.28. The molecule has 0 unspecified atom stereocenters. The molecule has 0 spiro atoms. The number of nitrogen functional groups attached to an aromatic ring is 1. The minimum Gasteiger partial charge on any atom is -0.487 e. The Balaban J connectivity index is 2.15. The summed E-state index contributed by atoms with van der Waals surface area (Å²) in [4.78, 5) is 13.0. The lowest BCUT2D eigenvalue weighted by Gasteiger charge is -2.09. The van der Waals surface area contributed by atoms with Crippen LogP contribution in [0.15, 0.2) is 22.7 Å². The van der Waals surface area contributed by atoms with E-state index in [0.717, 1.165) is 10.4 Å². The van der Waals surface area contributed by atoms with Crippen molar-refractivity contribution < 1.29 is 9.53 Å². The quantitative estimate of drug-likeness (QED) is 0.342. The van der Waals surface area contributed by atoms with Crippen molar-refractivity contribution in [2.75, 3.05) is 0 Å². The van der Waals surface area contributed by atoms with Gasteiger partial charge in [-0.05, 0) is 35.0 Å². The average Bonchev–Trinajstić information content (AvgIpc) is 2.82. The number of thiophene rings is 1. The van der Waals surface area contributed by atoms with E-state index in [9.17, 15) is 4.79 Å². The van der Waals surface area contributed by atoms with Crippen LogP contribution in [0.1, 0.15) is 20.1 Å². The van der Waals surface area contributed by atoms with E-state index >= 15 is 0 Å². The van der Waals surface area contributed by atoms with Crippen LogP contribution in [0.25, 0.3) is 0 Å². The third-order valence-electron chi connectivity index (χ3n) is 2.73. The Morgan fingerprint density at radius 3 is 2.76 bits per heavy atom. The van der Waals surface area contributed by atoms with Gasteiger partial charge in [0.25, 0.3) is 5.91 Å². The van der Waals surface area contributed by atoms with Crippen LogP contribution in [0.2, 0.25) is 10.0 Å². The summed E-state index contributed by atoms with van der Waals surface area (Å²) in [7, 11) is 0. The lowest BCUT2D eigenvalue weighted by Crippen LogP contribution is -2.29. The van der Waals surface area contributed by atoms with E-state index in [4.69, 9.17) is 33.8 Å². The number of ether oxygens (including phenoxy) is 1. The highest BCUT2D eigenvalue weighted by Gasteiger charge is 2.13. The van der Waals surface area contributed by atoms with E-state index < -0.39 is 0 Å². The number of halogens is 3. The number of aryl methyl sites for hydroxylation is 1. The number of nitrogens with one attached hydrogen (secondary N) is 1. The number of hydrazine groups is 1. The Kier molecular flexibility index (Phi) is 5.51. The van der Waals surface area contributed by atoms with Gasteiger partial charge in [-0.15, -0.1) is 11.3 Å². The molecular formula is C13H11BrCl2N2O2S. The minimum absolute atomic E-state index is 0.290. The first-order valence-corrected chi connectivity index (χ1v) is 8.16. The molecule has 1 heterocycles. The lowest BCUT2D eigenvalue weighted by atomic mass is 10.2. The molecule has 4 nitrogen and oxygen atoms in total. The second-order valence-corrected chi connectivity index (χ2v) is 7.08. The van der Waals surface area contributed by atoms with Gasteiger partial charge in [0.2, 0.25) is 0 Å². The topological polar surface area (TPSA) is 64.4 Å². The standard InChI is InChI=1S/C13H11BrCl2N2O2S/c1-6-7(2-12(21-6)13(19)18-17)5-20-11-4-9(15)8(14)3-10(11)16/h2-4H,5,17H2,1H3,(H,18,19). The number of amides is 1. The number of hydrogen-bond donors (Lipinski definition) is 2. The van der Waals surface area contributed by atoms with Crippen molar-refractivity contribution in [1.82, 2.24) is 5.43 Å². The van der Waals surface area contributed by atoms with Gasteiger partial charge < -0.3 is 4.74 Å². The number of carbonyl (C=O) groups is 1. The molecule has 0 bridgehead atoms. The van der Waals surface area contributed by atoms with Gasteiger partial charge in [-0.3, -0.25) is 10.2 Å². The highest BCUT2D eigenvalue weighted by atomic mass is 79.9. The van der Waals surface area contributed by atoms with Crippen molar-refractivity contribution >= 4 is 56.4 Å². The first-order valence-electron chi connectivity index (χ1n) is 5.80. The predicted molar refractivity (Wildman–Crippen MR) is 89.2 cm³/mol. The molecule has 21 heavy (non-hydrogen) atoms. The van der Waals surface area contributed by atoms with E-state index in [0.29, 0.717) is 25.1 Å². The van der Waals surface area contributed by atoms with Gasteiger partial charge >= 0.3 is 0 Å². The zero-order chi connectivity index (χ0) is 15.6. The Morgan fingerprint density at radius 1 is 1.38 bits per heavy atom. The lowest BCUT2D eigenvalue weighted by molar-refractivity contribution is 0.0957. The molecule has 112 valence electrons. The maximum Gasteiger partial charge on any atom is 0.275 e. The molecule has 1 amide bonds. The van der Waals surface area contributed by atoms with Gasteiger partial charge in [-0.25, -0.2) is 5.84 Å². The Bertz CT molecular complexity index is 691. The van der Waals surface area contributed by atoms with Gasteiger partial charge in [0.05, 0.1) is 14.9 Å². The highest BCUT2D eigenvalue weighted by Crippen LogP contribution is 2.35. The first kappa shape index (κ1) is 16.6. The number of carbonyl (C=O) groups excluding carboxylic acids is 1. The highest BCUT2D eigenvalue weighted by molar-refractivity contribution is 9.10. The first-order chi connectivity index (χ1) is 9.92. The van der Waals surface area contributed by atoms with Crippen molar-refractivity contribution in [3.05, 3.63) is 48.0 Å². The van der Waals surface area contributed by atoms with Crippen molar-refractivity contribution in [3.8, 4) is 5.75 Å². The SMILES string of the molecule is Cc1sc(C(=O)NN)cc1COc1cc(Cl)c(Br)cc1Cl. The van der Waals surface area contributed by atoms with E-state index in [1.165, 1.54) is 11.3 Å². The summed E-state index contributed by atoms with van der Waals surface area (Å²) in [6, 6.07) is 5.06. The summed E-state index contributed by atoms with van der Waals surface area (Å²) in [5.41, 5.74) is 3.00. The number of nitrogens with two attached hydrogens (primary N) is 1. The zero-order valence-electron chi connectivity index (χ0n) is 10.9. The molecule has 0 fully saturated rings.